The molecule has 146 valence electrons. The van der Waals surface area contributed by atoms with Gasteiger partial charge in [0.25, 0.3) is 0 Å². The second kappa shape index (κ2) is 9.44. The van der Waals surface area contributed by atoms with E-state index in [2.05, 4.69) is 58.9 Å². The van der Waals surface area contributed by atoms with Gasteiger partial charge in [0.1, 0.15) is 12.4 Å². The maximum Gasteiger partial charge on any atom is 0.194 e. The second-order valence-electron chi connectivity index (χ2n) is 7.19. The van der Waals surface area contributed by atoms with Crippen LogP contribution in [0.5, 0.6) is 5.75 Å². The zero-order valence-corrected chi connectivity index (χ0v) is 16.6. The fourth-order valence-electron chi connectivity index (χ4n) is 3.54. The largest absolute Gasteiger partial charge is 0.492 e. The van der Waals surface area contributed by atoms with Crippen molar-refractivity contribution in [2.24, 2.45) is 10.9 Å². The van der Waals surface area contributed by atoms with Crippen molar-refractivity contribution in [1.29, 1.82) is 0 Å². The van der Waals surface area contributed by atoms with Crippen LogP contribution < -0.4 is 10.1 Å². The van der Waals surface area contributed by atoms with E-state index in [0.717, 1.165) is 37.8 Å². The molecule has 2 atom stereocenters. The number of ether oxygens (including phenoxy) is 1. The normalized spacial score (nSPS) is 20.6. The molecule has 0 radical (unpaired) electrons. The van der Waals surface area contributed by atoms with Gasteiger partial charge in [-0.1, -0.05) is 19.1 Å². The van der Waals surface area contributed by atoms with Crippen molar-refractivity contribution in [2.75, 3.05) is 32.8 Å². The van der Waals surface area contributed by atoms with Gasteiger partial charge >= 0.3 is 0 Å². The molecule has 6 heteroatoms. The first-order valence-corrected chi connectivity index (χ1v) is 9.87. The molecule has 0 saturated carbocycles. The Labute approximate surface area is 162 Å². The number of piperidine rings is 1. The summed E-state index contributed by atoms with van der Waals surface area (Å²) in [6.45, 7) is 10.5. The maximum atomic E-state index is 5.83. The molecule has 1 fully saturated rings. The SMILES string of the molecule is CCNC(=NCCOc1cccc(C)c1)N1CCC(C)C(n2ccnc2)C1. The summed E-state index contributed by atoms with van der Waals surface area (Å²) in [5.41, 5.74) is 1.21. The predicted octanol–water partition coefficient (Wildman–Crippen LogP) is 3.12. The number of rotatable bonds is 6. The van der Waals surface area contributed by atoms with Crippen LogP contribution in [0.4, 0.5) is 0 Å². The molecule has 2 heterocycles. The van der Waals surface area contributed by atoms with E-state index in [1.165, 1.54) is 5.56 Å². The molecule has 1 aromatic carbocycles. The topological polar surface area (TPSA) is 54.7 Å². The Bertz CT molecular complexity index is 728. The second-order valence-corrected chi connectivity index (χ2v) is 7.19. The van der Waals surface area contributed by atoms with Gasteiger partial charge in [0.05, 0.1) is 18.9 Å². The molecular weight excluding hydrogens is 338 g/mol. The molecule has 27 heavy (non-hydrogen) atoms. The Morgan fingerprint density at radius 2 is 2.30 bits per heavy atom. The van der Waals surface area contributed by atoms with Crippen LogP contribution in [0, 0.1) is 12.8 Å². The summed E-state index contributed by atoms with van der Waals surface area (Å²) in [6, 6.07) is 8.56. The summed E-state index contributed by atoms with van der Waals surface area (Å²) in [6.07, 6.45) is 6.98. The van der Waals surface area contributed by atoms with Gasteiger partial charge in [0.2, 0.25) is 0 Å². The van der Waals surface area contributed by atoms with Gasteiger partial charge in [0.15, 0.2) is 5.96 Å². The van der Waals surface area contributed by atoms with Crippen LogP contribution in [0.15, 0.2) is 48.0 Å². The molecule has 0 amide bonds. The van der Waals surface area contributed by atoms with E-state index in [1.807, 2.05) is 24.7 Å². The highest BCUT2D eigenvalue weighted by Gasteiger charge is 2.28. The number of imidazole rings is 1. The van der Waals surface area contributed by atoms with E-state index < -0.39 is 0 Å². The number of guanidine groups is 1. The minimum Gasteiger partial charge on any atom is -0.492 e. The molecule has 2 aromatic rings. The third kappa shape index (κ3) is 5.25. The Morgan fingerprint density at radius 1 is 1.41 bits per heavy atom. The monoisotopic (exact) mass is 369 g/mol. The number of nitrogens with zero attached hydrogens (tertiary/aromatic N) is 4. The molecule has 3 rings (SSSR count). The summed E-state index contributed by atoms with van der Waals surface area (Å²) < 4.78 is 8.06. The molecule has 6 nitrogen and oxygen atoms in total. The van der Waals surface area contributed by atoms with Gasteiger partial charge in [-0.15, -0.1) is 0 Å². The quantitative estimate of drug-likeness (QED) is 0.483. The zero-order valence-electron chi connectivity index (χ0n) is 16.6. The van der Waals surface area contributed by atoms with Crippen molar-refractivity contribution in [2.45, 2.75) is 33.2 Å². The molecule has 1 N–H and O–H groups in total. The molecule has 0 spiro atoms. The molecule has 0 aliphatic carbocycles. The third-order valence-electron chi connectivity index (χ3n) is 5.07. The number of nitrogens with one attached hydrogen (secondary N) is 1. The highest BCUT2D eigenvalue weighted by Crippen LogP contribution is 2.27. The molecule has 0 bridgehead atoms. The maximum absolute atomic E-state index is 5.83. The van der Waals surface area contributed by atoms with E-state index in [0.29, 0.717) is 25.1 Å². The lowest BCUT2D eigenvalue weighted by molar-refractivity contribution is 0.188. The fraction of sp³-hybridized carbons (Fsp3) is 0.524. The number of hydrogen-bond donors (Lipinski definition) is 1. The van der Waals surface area contributed by atoms with E-state index in [1.54, 1.807) is 0 Å². The first-order valence-electron chi connectivity index (χ1n) is 9.87. The number of benzene rings is 1. The first kappa shape index (κ1) is 19.3. The first-order chi connectivity index (χ1) is 13.2. The molecule has 1 aliphatic rings. The molecule has 1 aliphatic heterocycles. The van der Waals surface area contributed by atoms with E-state index in [4.69, 9.17) is 9.73 Å². The average molecular weight is 370 g/mol. The van der Waals surface area contributed by atoms with E-state index in [-0.39, 0.29) is 0 Å². The van der Waals surface area contributed by atoms with Gasteiger partial charge in [-0.2, -0.15) is 0 Å². The number of aromatic nitrogens is 2. The number of aryl methyl sites for hydroxylation is 1. The van der Waals surface area contributed by atoms with Crippen molar-refractivity contribution in [3.8, 4) is 5.75 Å². The minimum atomic E-state index is 0.425. The Kier molecular flexibility index (Phi) is 6.74. The zero-order chi connectivity index (χ0) is 19.1. The van der Waals surface area contributed by atoms with Gasteiger partial charge in [-0.3, -0.25) is 0 Å². The van der Waals surface area contributed by atoms with E-state index >= 15 is 0 Å². The third-order valence-corrected chi connectivity index (χ3v) is 5.07. The van der Waals surface area contributed by atoms with Crippen molar-refractivity contribution in [1.82, 2.24) is 19.8 Å². The summed E-state index contributed by atoms with van der Waals surface area (Å²) >= 11 is 0. The van der Waals surface area contributed by atoms with E-state index in [9.17, 15) is 0 Å². The van der Waals surface area contributed by atoms with Gasteiger partial charge in [-0.05, 0) is 43.9 Å². The number of aliphatic imine (C=N–C) groups is 1. The number of likely N-dealkylation sites (tertiary alicyclic amines) is 1. The highest BCUT2D eigenvalue weighted by molar-refractivity contribution is 5.80. The van der Waals surface area contributed by atoms with Gasteiger partial charge in [0, 0.05) is 32.0 Å². The highest BCUT2D eigenvalue weighted by atomic mass is 16.5. The van der Waals surface area contributed by atoms with Crippen molar-refractivity contribution in [3.05, 3.63) is 48.5 Å². The van der Waals surface area contributed by atoms with Crippen LogP contribution in [-0.4, -0.2) is 53.2 Å². The lowest BCUT2D eigenvalue weighted by Gasteiger charge is -2.39. The fourth-order valence-corrected chi connectivity index (χ4v) is 3.54. The molecule has 1 aromatic heterocycles. The predicted molar refractivity (Wildman–Crippen MR) is 109 cm³/mol. The minimum absolute atomic E-state index is 0.425. The number of hydrogen-bond acceptors (Lipinski definition) is 3. The lowest BCUT2D eigenvalue weighted by atomic mass is 9.93. The van der Waals surface area contributed by atoms with Crippen LogP contribution in [-0.2, 0) is 0 Å². The van der Waals surface area contributed by atoms with Crippen LogP contribution in [0.1, 0.15) is 31.9 Å². The van der Waals surface area contributed by atoms with Crippen LogP contribution in [0.3, 0.4) is 0 Å². The molecule has 1 saturated heterocycles. The summed E-state index contributed by atoms with van der Waals surface area (Å²) in [5, 5.41) is 3.44. The lowest BCUT2D eigenvalue weighted by Crippen LogP contribution is -2.49. The summed E-state index contributed by atoms with van der Waals surface area (Å²) in [5.74, 6) is 2.51. The van der Waals surface area contributed by atoms with Gasteiger partial charge < -0.3 is 19.5 Å². The van der Waals surface area contributed by atoms with Crippen LogP contribution in [0.2, 0.25) is 0 Å². The summed E-state index contributed by atoms with van der Waals surface area (Å²) in [4.78, 5) is 11.4. The van der Waals surface area contributed by atoms with Crippen molar-refractivity contribution < 1.29 is 4.74 Å². The van der Waals surface area contributed by atoms with Crippen molar-refractivity contribution in [3.63, 3.8) is 0 Å². The Morgan fingerprint density at radius 3 is 3.04 bits per heavy atom. The molecular formula is C21H31N5O. The Balaban J connectivity index is 1.59. The van der Waals surface area contributed by atoms with Crippen LogP contribution in [0.25, 0.3) is 0 Å². The standard InChI is InChI=1S/C21H31N5O/c1-4-23-21(24-10-13-27-19-7-5-6-17(2)14-19)25-11-8-18(3)20(15-25)26-12-9-22-16-26/h5-7,9,12,14,16,18,20H,4,8,10-11,13,15H2,1-3H3,(H,23,24). The average Bonchev–Trinajstić information content (AvgIpc) is 3.19. The van der Waals surface area contributed by atoms with Crippen LogP contribution >= 0.6 is 0 Å². The summed E-state index contributed by atoms with van der Waals surface area (Å²) in [7, 11) is 0. The molecule has 2 unspecified atom stereocenters. The van der Waals surface area contributed by atoms with Gasteiger partial charge in [-0.25, -0.2) is 9.98 Å². The van der Waals surface area contributed by atoms with Crippen molar-refractivity contribution >= 4 is 5.96 Å². The Hall–Kier alpha value is -2.50. The smallest absolute Gasteiger partial charge is 0.194 e.